The van der Waals surface area contributed by atoms with Crippen LogP contribution in [0.4, 0.5) is 11.4 Å². The molecule has 0 bridgehead atoms. The summed E-state index contributed by atoms with van der Waals surface area (Å²) in [4.78, 5) is 39.2. The zero-order valence-corrected chi connectivity index (χ0v) is 16.4. The molecule has 0 spiro atoms. The number of carbonyl (C=O) groups is 3. The SMILES string of the molecule is C=CC(=O)N(C)c1ccc(C(=O)Nc2ccccc2CN(CC)C(C)=O)cc1. The molecule has 0 aliphatic carbocycles. The van der Waals surface area contributed by atoms with Crippen molar-refractivity contribution in [1.82, 2.24) is 4.90 Å². The maximum Gasteiger partial charge on any atom is 0.255 e. The molecule has 28 heavy (non-hydrogen) atoms. The zero-order chi connectivity index (χ0) is 20.7. The average molecular weight is 379 g/mol. The van der Waals surface area contributed by atoms with Gasteiger partial charge in [0.25, 0.3) is 5.91 Å². The number of nitrogens with zero attached hydrogens (tertiary/aromatic N) is 2. The van der Waals surface area contributed by atoms with Crippen molar-refractivity contribution in [3.8, 4) is 0 Å². The van der Waals surface area contributed by atoms with Crippen LogP contribution in [0.5, 0.6) is 0 Å². The molecule has 6 heteroatoms. The lowest BCUT2D eigenvalue weighted by molar-refractivity contribution is -0.129. The van der Waals surface area contributed by atoms with E-state index in [2.05, 4.69) is 11.9 Å². The van der Waals surface area contributed by atoms with Crippen molar-refractivity contribution in [2.75, 3.05) is 23.8 Å². The number of para-hydroxylation sites is 1. The summed E-state index contributed by atoms with van der Waals surface area (Å²) in [5.41, 5.74) is 2.66. The highest BCUT2D eigenvalue weighted by atomic mass is 16.2. The van der Waals surface area contributed by atoms with Gasteiger partial charge in [0.2, 0.25) is 11.8 Å². The van der Waals surface area contributed by atoms with Crippen LogP contribution >= 0.6 is 0 Å². The first-order valence-electron chi connectivity index (χ1n) is 9.02. The van der Waals surface area contributed by atoms with Crippen molar-refractivity contribution in [2.24, 2.45) is 0 Å². The van der Waals surface area contributed by atoms with Crippen molar-refractivity contribution in [2.45, 2.75) is 20.4 Å². The largest absolute Gasteiger partial charge is 0.339 e. The molecule has 0 atom stereocenters. The molecule has 1 N–H and O–H groups in total. The number of benzene rings is 2. The Balaban J connectivity index is 2.16. The number of rotatable bonds is 7. The molecule has 0 radical (unpaired) electrons. The third-order valence-electron chi connectivity index (χ3n) is 4.48. The predicted octanol–water partition coefficient (Wildman–Crippen LogP) is 3.46. The summed E-state index contributed by atoms with van der Waals surface area (Å²) >= 11 is 0. The van der Waals surface area contributed by atoms with Gasteiger partial charge in [0, 0.05) is 44.0 Å². The fraction of sp³-hybridized carbons (Fsp3) is 0.227. The minimum absolute atomic E-state index is 0.0163. The molecule has 0 fully saturated rings. The fourth-order valence-corrected chi connectivity index (χ4v) is 2.73. The minimum Gasteiger partial charge on any atom is -0.339 e. The predicted molar refractivity (Wildman–Crippen MR) is 111 cm³/mol. The molecule has 0 heterocycles. The lowest BCUT2D eigenvalue weighted by Crippen LogP contribution is -2.28. The molecule has 146 valence electrons. The second kappa shape index (κ2) is 9.50. The van der Waals surface area contributed by atoms with Crippen molar-refractivity contribution in [3.05, 3.63) is 72.3 Å². The van der Waals surface area contributed by atoms with Gasteiger partial charge < -0.3 is 15.1 Å². The molecule has 2 aromatic rings. The van der Waals surface area contributed by atoms with Crippen molar-refractivity contribution in [1.29, 1.82) is 0 Å². The third-order valence-corrected chi connectivity index (χ3v) is 4.48. The van der Waals surface area contributed by atoms with Crippen LogP contribution in [0.3, 0.4) is 0 Å². The van der Waals surface area contributed by atoms with Crippen LogP contribution in [0.1, 0.15) is 29.8 Å². The van der Waals surface area contributed by atoms with Crippen LogP contribution in [-0.2, 0) is 16.1 Å². The summed E-state index contributed by atoms with van der Waals surface area (Å²) in [6.07, 6.45) is 1.23. The van der Waals surface area contributed by atoms with Crippen molar-refractivity contribution < 1.29 is 14.4 Å². The number of likely N-dealkylation sites (N-methyl/N-ethyl adjacent to an activating group) is 1. The van der Waals surface area contributed by atoms with Gasteiger partial charge in [-0.15, -0.1) is 0 Å². The van der Waals surface area contributed by atoms with E-state index in [1.54, 1.807) is 36.2 Å². The summed E-state index contributed by atoms with van der Waals surface area (Å²) < 4.78 is 0. The van der Waals surface area contributed by atoms with Gasteiger partial charge in [0.05, 0.1) is 0 Å². The molecular weight excluding hydrogens is 354 g/mol. The number of nitrogens with one attached hydrogen (secondary N) is 1. The van der Waals surface area contributed by atoms with Crippen LogP contribution in [0.2, 0.25) is 0 Å². The average Bonchev–Trinajstić information content (AvgIpc) is 2.71. The highest BCUT2D eigenvalue weighted by Gasteiger charge is 2.13. The Bertz CT molecular complexity index is 875. The molecule has 0 saturated carbocycles. The van der Waals surface area contributed by atoms with Crippen LogP contribution in [0.25, 0.3) is 0 Å². The second-order valence-corrected chi connectivity index (χ2v) is 6.29. The van der Waals surface area contributed by atoms with E-state index in [0.717, 1.165) is 5.56 Å². The molecular formula is C22H25N3O3. The van der Waals surface area contributed by atoms with E-state index in [-0.39, 0.29) is 17.7 Å². The van der Waals surface area contributed by atoms with E-state index in [1.165, 1.54) is 17.9 Å². The van der Waals surface area contributed by atoms with Crippen LogP contribution in [0.15, 0.2) is 61.2 Å². The number of amides is 3. The lowest BCUT2D eigenvalue weighted by atomic mass is 10.1. The Morgan fingerprint density at radius 3 is 2.29 bits per heavy atom. The second-order valence-electron chi connectivity index (χ2n) is 6.29. The van der Waals surface area contributed by atoms with Gasteiger partial charge in [0.15, 0.2) is 0 Å². The smallest absolute Gasteiger partial charge is 0.255 e. The molecule has 3 amide bonds. The molecule has 0 aliphatic rings. The summed E-state index contributed by atoms with van der Waals surface area (Å²) in [6.45, 7) is 7.93. The van der Waals surface area contributed by atoms with E-state index < -0.39 is 0 Å². The standard InChI is InChI=1S/C22H25N3O3/c1-5-21(27)24(4)19-13-11-17(12-14-19)22(28)23-20-10-8-7-9-18(20)15-25(6-2)16(3)26/h5,7-14H,1,6,15H2,2-4H3,(H,23,28). The van der Waals surface area contributed by atoms with Gasteiger partial charge in [-0.05, 0) is 48.9 Å². The molecule has 2 rings (SSSR count). The summed E-state index contributed by atoms with van der Waals surface area (Å²) in [5, 5.41) is 2.90. The highest BCUT2D eigenvalue weighted by molar-refractivity contribution is 6.05. The molecule has 0 aromatic heterocycles. The molecule has 0 aliphatic heterocycles. The van der Waals surface area contributed by atoms with E-state index in [1.807, 2.05) is 31.2 Å². The van der Waals surface area contributed by atoms with Crippen LogP contribution < -0.4 is 10.2 Å². The maximum atomic E-state index is 12.6. The summed E-state index contributed by atoms with van der Waals surface area (Å²) in [7, 11) is 1.64. The highest BCUT2D eigenvalue weighted by Crippen LogP contribution is 2.20. The Labute approximate surface area is 165 Å². The zero-order valence-electron chi connectivity index (χ0n) is 16.4. The lowest BCUT2D eigenvalue weighted by Gasteiger charge is -2.21. The Morgan fingerprint density at radius 2 is 1.71 bits per heavy atom. The minimum atomic E-state index is -0.262. The van der Waals surface area contributed by atoms with Crippen molar-refractivity contribution in [3.63, 3.8) is 0 Å². The van der Waals surface area contributed by atoms with Gasteiger partial charge in [0.1, 0.15) is 0 Å². The topological polar surface area (TPSA) is 69.7 Å². The first-order chi connectivity index (χ1) is 13.4. The third kappa shape index (κ3) is 5.07. The number of hydrogen-bond donors (Lipinski definition) is 1. The molecule has 0 saturated heterocycles. The van der Waals surface area contributed by atoms with Gasteiger partial charge >= 0.3 is 0 Å². The van der Waals surface area contributed by atoms with Gasteiger partial charge in [-0.1, -0.05) is 24.8 Å². The van der Waals surface area contributed by atoms with E-state index >= 15 is 0 Å². The van der Waals surface area contributed by atoms with Gasteiger partial charge in [-0.3, -0.25) is 14.4 Å². The monoisotopic (exact) mass is 379 g/mol. The van der Waals surface area contributed by atoms with Gasteiger partial charge in [-0.2, -0.15) is 0 Å². The fourth-order valence-electron chi connectivity index (χ4n) is 2.73. The summed E-state index contributed by atoms with van der Waals surface area (Å²) in [6, 6.07) is 14.1. The Hall–Kier alpha value is -3.41. The normalized spacial score (nSPS) is 10.1. The van der Waals surface area contributed by atoms with E-state index in [0.29, 0.717) is 30.0 Å². The Kier molecular flexibility index (Phi) is 7.09. The van der Waals surface area contributed by atoms with Crippen LogP contribution in [-0.4, -0.2) is 36.2 Å². The van der Waals surface area contributed by atoms with Gasteiger partial charge in [-0.25, -0.2) is 0 Å². The number of carbonyl (C=O) groups excluding carboxylic acids is 3. The number of anilines is 2. The molecule has 6 nitrogen and oxygen atoms in total. The number of hydrogen-bond acceptors (Lipinski definition) is 3. The first-order valence-corrected chi connectivity index (χ1v) is 9.02. The molecule has 0 unspecified atom stereocenters. The van der Waals surface area contributed by atoms with Crippen molar-refractivity contribution >= 4 is 29.1 Å². The molecule has 2 aromatic carbocycles. The Morgan fingerprint density at radius 1 is 1.07 bits per heavy atom. The maximum absolute atomic E-state index is 12.6. The van der Waals surface area contributed by atoms with E-state index in [9.17, 15) is 14.4 Å². The quantitative estimate of drug-likeness (QED) is 0.749. The van der Waals surface area contributed by atoms with E-state index in [4.69, 9.17) is 0 Å². The first kappa shape index (κ1) is 20.9. The summed E-state index contributed by atoms with van der Waals surface area (Å²) in [5.74, 6) is -0.503. The van der Waals surface area contributed by atoms with Crippen LogP contribution in [0, 0.1) is 0 Å².